The molecule has 26 rings (SSSR count). The van der Waals surface area contributed by atoms with E-state index in [1.807, 2.05) is 117 Å². The van der Waals surface area contributed by atoms with Gasteiger partial charge in [0.25, 0.3) is 0 Å². The normalized spacial score (nSPS) is 11.7. The van der Waals surface area contributed by atoms with Crippen LogP contribution in [0.5, 0.6) is 0 Å². The number of thiophene rings is 6. The van der Waals surface area contributed by atoms with Crippen molar-refractivity contribution in [3.8, 4) is 108 Å². The topological polar surface area (TPSA) is 92.1 Å². The van der Waals surface area contributed by atoms with Crippen LogP contribution in [0.25, 0.3) is 229 Å². The highest BCUT2D eigenvalue weighted by molar-refractivity contribution is 7.38. The Morgan fingerprint density at radius 1 is 0.171 bits per heavy atom. The molecular weight excluding hydrogens is 1620 g/mol. The van der Waals surface area contributed by atoms with E-state index in [1.165, 1.54) is 122 Å². The molecule has 0 radical (unpaired) electrons. The zero-order valence-corrected chi connectivity index (χ0v) is 70.4. The molecule has 0 aliphatic carbocycles. The summed E-state index contributed by atoms with van der Waals surface area (Å²) in [5, 5.41) is 7.72. The lowest BCUT2D eigenvalue weighted by Crippen LogP contribution is -2.03. The maximum absolute atomic E-state index is 5.31. The molecule has 0 amide bonds. The van der Waals surface area contributed by atoms with Crippen LogP contribution in [-0.4, -0.2) is 43.6 Å². The Morgan fingerprint density at radius 2 is 0.447 bits per heavy atom. The van der Waals surface area contributed by atoms with Gasteiger partial charge in [-0.3, -0.25) is 13.7 Å². The van der Waals surface area contributed by atoms with Crippen LogP contribution in [0.3, 0.4) is 0 Å². The van der Waals surface area contributed by atoms with Crippen molar-refractivity contribution in [2.45, 2.75) is 0 Å². The average molecular weight is 1680 g/mol. The van der Waals surface area contributed by atoms with E-state index in [-0.39, 0.29) is 0 Å². The van der Waals surface area contributed by atoms with Gasteiger partial charge in [0.2, 0.25) is 5.95 Å². The first kappa shape index (κ1) is 72.5. The van der Waals surface area contributed by atoms with Gasteiger partial charge in [0.1, 0.15) is 11.6 Å². The number of hydrogen-bond donors (Lipinski definition) is 0. The van der Waals surface area contributed by atoms with Crippen LogP contribution in [0.2, 0.25) is 0 Å². The zero-order valence-electron chi connectivity index (χ0n) is 65.5. The number of benzene rings is 14. The highest BCUT2D eigenvalue weighted by atomic mass is 32.1. The lowest BCUT2D eigenvalue weighted by Gasteiger charge is -2.12. The zero-order chi connectivity index (χ0) is 81.0. The monoisotopic (exact) mass is 1680 g/mol. The second-order valence-corrected chi connectivity index (χ2v) is 36.6. The third-order valence-electron chi connectivity index (χ3n) is 22.9. The van der Waals surface area contributed by atoms with Gasteiger partial charge in [0, 0.05) is 91.9 Å². The molecular formula is C108H65N9S6. The number of fused-ring (bicyclic) bond motifs is 21. The highest BCUT2D eigenvalue weighted by Crippen LogP contribution is 2.53. The van der Waals surface area contributed by atoms with Crippen molar-refractivity contribution in [3.05, 3.63) is 394 Å². The fourth-order valence-corrected chi connectivity index (χ4v) is 25.6. The van der Waals surface area contributed by atoms with Gasteiger partial charge in [-0.05, 0) is 76.9 Å². The van der Waals surface area contributed by atoms with Gasteiger partial charge in [-0.1, -0.05) is 328 Å². The molecule has 15 heteroatoms. The van der Waals surface area contributed by atoms with Crippen molar-refractivity contribution in [2.24, 2.45) is 0 Å². The molecule has 0 fully saturated rings. The minimum atomic E-state index is 0.685. The molecule has 578 valence electrons. The predicted octanol–water partition coefficient (Wildman–Crippen LogP) is 31.3. The molecule has 0 bridgehead atoms. The number of para-hydroxylation sites is 3. The van der Waals surface area contributed by atoms with Crippen LogP contribution in [-0.2, 0) is 0 Å². The van der Waals surface area contributed by atoms with E-state index < -0.39 is 0 Å². The molecule has 0 aliphatic rings. The Morgan fingerprint density at radius 3 is 0.829 bits per heavy atom. The van der Waals surface area contributed by atoms with Gasteiger partial charge < -0.3 is 0 Å². The molecule has 0 unspecified atom stereocenters. The van der Waals surface area contributed by atoms with Crippen LogP contribution in [0.15, 0.2) is 394 Å². The third kappa shape index (κ3) is 12.6. The van der Waals surface area contributed by atoms with E-state index in [2.05, 4.69) is 359 Å². The summed E-state index contributed by atoms with van der Waals surface area (Å²) in [7, 11) is 0. The molecule has 0 aliphatic heterocycles. The van der Waals surface area contributed by atoms with E-state index in [0.29, 0.717) is 11.8 Å². The van der Waals surface area contributed by atoms with Gasteiger partial charge >= 0.3 is 0 Å². The number of nitrogens with zero attached hydrogens (tertiary/aromatic N) is 9. The van der Waals surface area contributed by atoms with Crippen LogP contribution in [0.1, 0.15) is 0 Å². The summed E-state index contributed by atoms with van der Waals surface area (Å²) in [6, 6.07) is 138. The van der Waals surface area contributed by atoms with E-state index in [4.69, 9.17) is 29.9 Å². The van der Waals surface area contributed by atoms with Gasteiger partial charge in [0.15, 0.2) is 11.6 Å². The number of hydrogen-bond acceptors (Lipinski definition) is 12. The first-order chi connectivity index (χ1) is 61.0. The highest BCUT2D eigenvalue weighted by Gasteiger charge is 2.28. The minimum Gasteiger partial charge on any atom is -0.291 e. The third-order valence-corrected chi connectivity index (χ3v) is 30.6. The van der Waals surface area contributed by atoms with Crippen molar-refractivity contribution < 1.29 is 0 Å². The standard InChI is InChI=1S/2C38H23N3S2.C32H19N3S2/c1-3-12-24(13-4-1)26-16-11-17-27(22-26)30-23-33(40-38(39-30)25-14-5-2-6-15-25)41-31-20-9-7-18-28(31)35-34(41)37-36(43-35)29-19-8-10-21-32(29)42-37;1-3-12-24(13-4-1)26-16-11-17-27(22-26)31-23-30(25-14-5-2-6-15-25)39-38(40-31)41-32-20-9-7-18-28(32)35-34(41)37-36(43-35)29-19-8-10-21-33(29)42-37;1-3-11-20(12-4-1)24-19-27(34-32(33-24)21-13-5-2-6-14-21)35-25-17-9-7-15-22(25)29-28(35)31-30(37-29)23-16-8-10-18-26(23)36-31/h2*1-23H;1-19H. The van der Waals surface area contributed by atoms with E-state index in [9.17, 15) is 0 Å². The lowest BCUT2D eigenvalue weighted by atomic mass is 10.0. The van der Waals surface area contributed by atoms with Gasteiger partial charge in [-0.2, -0.15) is 0 Å². The Labute approximate surface area is 729 Å². The molecule has 9 nitrogen and oxygen atoms in total. The van der Waals surface area contributed by atoms with Crippen molar-refractivity contribution >= 4 is 190 Å². The first-order valence-corrected chi connectivity index (χ1v) is 45.6. The summed E-state index contributed by atoms with van der Waals surface area (Å²) < 4.78 is 22.8. The van der Waals surface area contributed by atoms with Crippen LogP contribution < -0.4 is 0 Å². The summed E-state index contributed by atoms with van der Waals surface area (Å²) in [6.45, 7) is 0. The molecule has 26 aromatic rings. The number of rotatable bonds is 11. The summed E-state index contributed by atoms with van der Waals surface area (Å²) >= 11 is 11.3. The fraction of sp³-hybridized carbons (Fsp3) is 0. The van der Waals surface area contributed by atoms with Crippen molar-refractivity contribution in [2.75, 3.05) is 0 Å². The summed E-state index contributed by atoms with van der Waals surface area (Å²) in [5.74, 6) is 3.89. The Hall–Kier alpha value is -14.5. The minimum absolute atomic E-state index is 0.685. The molecule has 0 saturated heterocycles. The van der Waals surface area contributed by atoms with Crippen molar-refractivity contribution in [1.29, 1.82) is 0 Å². The van der Waals surface area contributed by atoms with Gasteiger partial charge in [-0.25, -0.2) is 29.9 Å². The van der Waals surface area contributed by atoms with Gasteiger partial charge in [0.05, 0.1) is 98.2 Å². The average Bonchev–Trinajstić information content (AvgIpc) is 1.56. The first-order valence-electron chi connectivity index (χ1n) is 40.7. The Bertz CT molecular complexity index is 8170. The second-order valence-electron chi connectivity index (χ2n) is 30.3. The Balaban J connectivity index is 0.000000104. The molecule has 12 aromatic heterocycles. The molecule has 123 heavy (non-hydrogen) atoms. The molecule has 0 saturated carbocycles. The number of aromatic nitrogens is 9. The SMILES string of the molecule is c1ccc(-c2cc(-n3c4ccccc4c4sc5c6ccccc6sc5c43)nc(-c3ccccc3)n2)cc1.c1ccc(-c2cccc(-c3cc(-c4ccccc4)nc(-n4c5ccccc5c5sc6c7ccccc7sc6c54)n3)c2)cc1.c1ccc(-c2cccc(-c3cc(-n4c5ccccc5c5sc6c7ccccc7sc6c54)nc(-c4ccccc4)n3)c2)cc1. The second kappa shape index (κ2) is 30.3. The largest absolute Gasteiger partial charge is 0.291 e. The molecule has 0 atom stereocenters. The van der Waals surface area contributed by atoms with Crippen molar-refractivity contribution in [3.63, 3.8) is 0 Å². The molecule has 0 N–H and O–H groups in total. The van der Waals surface area contributed by atoms with Crippen LogP contribution >= 0.6 is 68.0 Å². The summed E-state index contributed by atoms with van der Waals surface area (Å²) in [4.78, 5) is 31.1. The van der Waals surface area contributed by atoms with E-state index in [1.54, 1.807) is 0 Å². The van der Waals surface area contributed by atoms with Crippen LogP contribution in [0, 0.1) is 0 Å². The van der Waals surface area contributed by atoms with E-state index in [0.717, 1.165) is 95.8 Å². The molecule has 0 spiro atoms. The quantitative estimate of drug-likeness (QED) is 0.128. The maximum atomic E-state index is 5.31. The molecule has 14 aromatic carbocycles. The fourth-order valence-electron chi connectivity index (χ4n) is 17.2. The lowest BCUT2D eigenvalue weighted by molar-refractivity contribution is 0.999. The summed E-state index contributed by atoms with van der Waals surface area (Å²) in [5.41, 5.74) is 21.7. The van der Waals surface area contributed by atoms with Crippen molar-refractivity contribution in [1.82, 2.24) is 43.6 Å². The molecule has 12 heterocycles. The van der Waals surface area contributed by atoms with Crippen LogP contribution in [0.4, 0.5) is 0 Å². The van der Waals surface area contributed by atoms with E-state index >= 15 is 0 Å². The predicted molar refractivity (Wildman–Crippen MR) is 525 cm³/mol. The van der Waals surface area contributed by atoms with Gasteiger partial charge in [-0.15, -0.1) is 68.0 Å². The Kier molecular flexibility index (Phi) is 17.9. The summed E-state index contributed by atoms with van der Waals surface area (Å²) in [6.07, 6.45) is 0. The maximum Gasteiger partial charge on any atom is 0.235 e. The smallest absolute Gasteiger partial charge is 0.235 e.